The van der Waals surface area contributed by atoms with Crippen molar-refractivity contribution in [2.24, 2.45) is 5.92 Å². The van der Waals surface area contributed by atoms with Crippen molar-refractivity contribution < 1.29 is 13.5 Å². The molecule has 0 aromatic heterocycles. The molecule has 0 atom stereocenters. The highest BCUT2D eigenvalue weighted by Gasteiger charge is 2.13. The summed E-state index contributed by atoms with van der Waals surface area (Å²) in [6.07, 6.45) is 7.82. The lowest BCUT2D eigenvalue weighted by Crippen LogP contribution is -2.19. The Hall–Kier alpha value is -0.870. The summed E-state index contributed by atoms with van der Waals surface area (Å²) >= 11 is 5.92. The van der Waals surface area contributed by atoms with Crippen molar-refractivity contribution in [1.82, 2.24) is 5.32 Å². The maximum absolute atomic E-state index is 12.4. The number of ether oxygens (including phenoxy) is 1. The van der Waals surface area contributed by atoms with E-state index in [1.54, 1.807) is 12.1 Å². The largest absolute Gasteiger partial charge is 0.434 e. The van der Waals surface area contributed by atoms with Gasteiger partial charge in [-0.2, -0.15) is 8.78 Å². The molecule has 0 spiro atoms. The van der Waals surface area contributed by atoms with E-state index in [0.29, 0.717) is 17.1 Å². The van der Waals surface area contributed by atoms with Gasteiger partial charge < -0.3 is 10.1 Å². The van der Waals surface area contributed by atoms with Gasteiger partial charge in [0.25, 0.3) is 0 Å². The lowest BCUT2D eigenvalue weighted by molar-refractivity contribution is -0.0504. The third kappa shape index (κ3) is 5.79. The number of benzene rings is 1. The van der Waals surface area contributed by atoms with Gasteiger partial charge in [-0.15, -0.1) is 0 Å². The minimum Gasteiger partial charge on any atom is -0.434 e. The zero-order valence-electron chi connectivity index (χ0n) is 12.1. The van der Waals surface area contributed by atoms with Gasteiger partial charge >= 0.3 is 6.61 Å². The Balaban J connectivity index is 1.79. The predicted octanol–water partition coefficient (Wildman–Crippen LogP) is 5.00. The van der Waals surface area contributed by atoms with E-state index < -0.39 is 6.61 Å². The van der Waals surface area contributed by atoms with Crippen LogP contribution in [0.4, 0.5) is 8.78 Å². The monoisotopic (exact) mass is 317 g/mol. The molecule has 1 saturated carbocycles. The van der Waals surface area contributed by atoms with Crippen molar-refractivity contribution in [2.75, 3.05) is 6.54 Å². The van der Waals surface area contributed by atoms with Gasteiger partial charge in [-0.25, -0.2) is 0 Å². The zero-order valence-corrected chi connectivity index (χ0v) is 12.8. The lowest BCUT2D eigenvalue weighted by Gasteiger charge is -2.21. The first-order valence-corrected chi connectivity index (χ1v) is 7.97. The Labute approximate surface area is 129 Å². The highest BCUT2D eigenvalue weighted by molar-refractivity contribution is 6.30. The fraction of sp³-hybridized carbons (Fsp3) is 0.625. The summed E-state index contributed by atoms with van der Waals surface area (Å²) in [5, 5.41) is 3.83. The van der Waals surface area contributed by atoms with Crippen LogP contribution < -0.4 is 10.1 Å². The Bertz CT molecular complexity index is 436. The van der Waals surface area contributed by atoms with Gasteiger partial charge in [-0.05, 0) is 37.1 Å². The van der Waals surface area contributed by atoms with E-state index >= 15 is 0 Å². The molecule has 0 amide bonds. The summed E-state index contributed by atoms with van der Waals surface area (Å²) in [7, 11) is 0. The van der Waals surface area contributed by atoms with Crippen LogP contribution in [0.5, 0.6) is 5.75 Å². The summed E-state index contributed by atoms with van der Waals surface area (Å²) in [5.41, 5.74) is 0.673. The fourth-order valence-electron chi connectivity index (χ4n) is 2.90. The molecule has 0 bridgehead atoms. The first-order valence-electron chi connectivity index (χ1n) is 7.59. The number of hydrogen-bond donors (Lipinski definition) is 1. The SMILES string of the molecule is FC(F)Oc1ccc(Cl)cc1CNCCC1CCCCC1. The Morgan fingerprint density at radius 1 is 1.24 bits per heavy atom. The molecule has 118 valence electrons. The molecule has 0 unspecified atom stereocenters. The van der Waals surface area contributed by atoms with Crippen LogP contribution in [0.1, 0.15) is 44.1 Å². The molecular formula is C16H22ClF2NO. The van der Waals surface area contributed by atoms with Gasteiger partial charge in [0.1, 0.15) is 5.75 Å². The van der Waals surface area contributed by atoms with Crippen molar-refractivity contribution in [1.29, 1.82) is 0 Å². The van der Waals surface area contributed by atoms with Gasteiger partial charge in [0, 0.05) is 17.1 Å². The van der Waals surface area contributed by atoms with Gasteiger partial charge in [-0.1, -0.05) is 43.7 Å². The third-order valence-corrected chi connectivity index (χ3v) is 4.24. The maximum atomic E-state index is 12.4. The predicted molar refractivity (Wildman–Crippen MR) is 81.0 cm³/mol. The van der Waals surface area contributed by atoms with E-state index in [0.717, 1.165) is 18.9 Å². The van der Waals surface area contributed by atoms with Crippen LogP contribution in [-0.4, -0.2) is 13.2 Å². The van der Waals surface area contributed by atoms with E-state index in [1.807, 2.05) is 0 Å². The smallest absolute Gasteiger partial charge is 0.387 e. The van der Waals surface area contributed by atoms with Crippen molar-refractivity contribution >= 4 is 11.6 Å². The van der Waals surface area contributed by atoms with Gasteiger partial charge in [-0.3, -0.25) is 0 Å². The normalized spacial score (nSPS) is 16.4. The number of halogens is 3. The third-order valence-electron chi connectivity index (χ3n) is 4.01. The van der Waals surface area contributed by atoms with Crippen LogP contribution in [0.3, 0.4) is 0 Å². The van der Waals surface area contributed by atoms with Gasteiger partial charge in [0.2, 0.25) is 0 Å². The molecule has 5 heteroatoms. The van der Waals surface area contributed by atoms with Crippen molar-refractivity contribution in [3.8, 4) is 5.75 Å². The zero-order chi connectivity index (χ0) is 15.1. The molecule has 1 aromatic rings. The van der Waals surface area contributed by atoms with Crippen LogP contribution in [0.25, 0.3) is 0 Å². The number of nitrogens with one attached hydrogen (secondary N) is 1. The minimum absolute atomic E-state index is 0.194. The van der Waals surface area contributed by atoms with Crippen molar-refractivity contribution in [3.05, 3.63) is 28.8 Å². The lowest BCUT2D eigenvalue weighted by atomic mass is 9.87. The second kappa shape index (κ2) is 8.54. The van der Waals surface area contributed by atoms with Gasteiger partial charge in [0.15, 0.2) is 0 Å². The molecule has 1 fully saturated rings. The molecule has 0 saturated heterocycles. The molecular weight excluding hydrogens is 296 g/mol. The van der Waals surface area contributed by atoms with Crippen LogP contribution in [0, 0.1) is 5.92 Å². The molecule has 1 aliphatic carbocycles. The van der Waals surface area contributed by atoms with Crippen molar-refractivity contribution in [2.45, 2.75) is 51.7 Å². The second-order valence-corrected chi connectivity index (χ2v) is 6.04. The number of rotatable bonds is 7. The first kappa shape index (κ1) is 16.5. The Kier molecular flexibility index (Phi) is 6.71. The molecule has 2 rings (SSSR count). The molecule has 21 heavy (non-hydrogen) atoms. The van der Waals surface area contributed by atoms with Crippen molar-refractivity contribution in [3.63, 3.8) is 0 Å². The molecule has 0 radical (unpaired) electrons. The average Bonchev–Trinajstić information content (AvgIpc) is 2.47. The Morgan fingerprint density at radius 3 is 2.71 bits per heavy atom. The summed E-state index contributed by atoms with van der Waals surface area (Å²) < 4.78 is 29.2. The summed E-state index contributed by atoms with van der Waals surface area (Å²) in [6, 6.07) is 4.73. The average molecular weight is 318 g/mol. The summed E-state index contributed by atoms with van der Waals surface area (Å²) in [4.78, 5) is 0. The topological polar surface area (TPSA) is 21.3 Å². The van der Waals surface area contributed by atoms with E-state index in [-0.39, 0.29) is 5.75 Å². The molecule has 1 N–H and O–H groups in total. The van der Waals surface area contributed by atoms with Crippen LogP contribution in [-0.2, 0) is 6.54 Å². The summed E-state index contributed by atoms with van der Waals surface area (Å²) in [6.45, 7) is -1.42. The standard InChI is InChI=1S/C16H22ClF2NO/c17-14-6-7-15(21-16(18)19)13(10-14)11-20-9-8-12-4-2-1-3-5-12/h6-7,10,12,16,20H,1-5,8-9,11H2. The highest BCUT2D eigenvalue weighted by atomic mass is 35.5. The number of alkyl halides is 2. The minimum atomic E-state index is -2.81. The molecule has 1 aliphatic rings. The molecule has 1 aromatic carbocycles. The Morgan fingerprint density at radius 2 is 2.00 bits per heavy atom. The van der Waals surface area contributed by atoms with E-state index in [4.69, 9.17) is 11.6 Å². The first-order chi connectivity index (χ1) is 10.1. The van der Waals surface area contributed by atoms with E-state index in [2.05, 4.69) is 10.1 Å². The van der Waals surface area contributed by atoms with E-state index in [9.17, 15) is 8.78 Å². The fourth-order valence-corrected chi connectivity index (χ4v) is 3.10. The maximum Gasteiger partial charge on any atom is 0.387 e. The van der Waals surface area contributed by atoms with Crippen LogP contribution in [0.2, 0.25) is 5.02 Å². The number of hydrogen-bond acceptors (Lipinski definition) is 2. The second-order valence-electron chi connectivity index (χ2n) is 5.60. The highest BCUT2D eigenvalue weighted by Crippen LogP contribution is 2.26. The van der Waals surface area contributed by atoms with Gasteiger partial charge in [0.05, 0.1) is 0 Å². The molecule has 0 heterocycles. The van der Waals surface area contributed by atoms with Crippen LogP contribution >= 0.6 is 11.6 Å². The quantitative estimate of drug-likeness (QED) is 0.714. The summed E-state index contributed by atoms with van der Waals surface area (Å²) in [5.74, 6) is 1.00. The van der Waals surface area contributed by atoms with Crippen LogP contribution in [0.15, 0.2) is 18.2 Å². The van der Waals surface area contributed by atoms with E-state index in [1.165, 1.54) is 38.2 Å². The molecule has 0 aliphatic heterocycles. The molecule has 2 nitrogen and oxygen atoms in total.